The van der Waals surface area contributed by atoms with Crippen LogP contribution in [0, 0.1) is 0 Å². The third kappa shape index (κ3) is 7.19. The molecular weight excluding hydrogens is 751 g/mol. The molecule has 0 spiro atoms. The van der Waals surface area contributed by atoms with E-state index in [2.05, 4.69) is 15.9 Å². The van der Waals surface area contributed by atoms with E-state index in [1.807, 2.05) is 54.6 Å². The first-order chi connectivity index (χ1) is 23.7. The average Bonchev–Trinajstić information content (AvgIpc) is 3.42. The lowest BCUT2D eigenvalue weighted by molar-refractivity contribution is -0.138. The summed E-state index contributed by atoms with van der Waals surface area (Å²) in [6, 6.07) is 24.8. The van der Waals surface area contributed by atoms with E-state index >= 15 is 0 Å². The Morgan fingerprint density at radius 1 is 0.980 bits per heavy atom. The molecule has 1 aromatic heterocycles. The molecule has 49 heavy (non-hydrogen) atoms. The number of ether oxygens (including phenoxy) is 4. The Morgan fingerprint density at radius 3 is 2.41 bits per heavy atom. The van der Waals surface area contributed by atoms with Gasteiger partial charge in [0.1, 0.15) is 12.4 Å². The zero-order chi connectivity index (χ0) is 34.7. The number of nitrogens with zero attached hydrogens (tertiary/aromatic N) is 2. The molecule has 0 unspecified atom stereocenters. The summed E-state index contributed by atoms with van der Waals surface area (Å²) in [5, 5.41) is 0.896. The number of hydrogen-bond acceptors (Lipinski definition) is 8. The topological polar surface area (TPSA) is 88.4 Å². The Hall–Kier alpha value is -4.35. The molecule has 0 aliphatic carbocycles. The van der Waals surface area contributed by atoms with Crippen LogP contribution >= 0.6 is 50.5 Å². The smallest absolute Gasteiger partial charge is 0.338 e. The van der Waals surface area contributed by atoms with Crippen LogP contribution in [-0.4, -0.2) is 31.4 Å². The number of methoxy groups -OCH3 is 2. The Bertz CT molecular complexity index is 2250. The van der Waals surface area contributed by atoms with Gasteiger partial charge in [0.05, 0.1) is 57.2 Å². The molecule has 0 fully saturated rings. The molecule has 5 aromatic rings. The van der Waals surface area contributed by atoms with Crippen molar-refractivity contribution in [3.05, 3.63) is 147 Å². The molecule has 0 saturated heterocycles. The monoisotopic (exact) mass is 778 g/mol. The zero-order valence-corrected chi connectivity index (χ0v) is 30.5. The van der Waals surface area contributed by atoms with Gasteiger partial charge in [-0.1, -0.05) is 83.1 Å². The molecule has 250 valence electrons. The van der Waals surface area contributed by atoms with Gasteiger partial charge in [-0.3, -0.25) is 9.36 Å². The van der Waals surface area contributed by atoms with Crippen LogP contribution in [0.3, 0.4) is 0 Å². The minimum absolute atomic E-state index is 0.161. The van der Waals surface area contributed by atoms with Gasteiger partial charge in [0.15, 0.2) is 16.3 Å². The van der Waals surface area contributed by atoms with Crippen LogP contribution in [0.5, 0.6) is 17.2 Å². The van der Waals surface area contributed by atoms with Crippen LogP contribution in [0.25, 0.3) is 11.8 Å². The maximum atomic E-state index is 14.3. The number of rotatable bonds is 10. The Kier molecular flexibility index (Phi) is 10.6. The van der Waals surface area contributed by atoms with Crippen LogP contribution in [0.2, 0.25) is 10.0 Å². The normalized spacial score (nSPS) is 14.2. The Labute approximate surface area is 304 Å². The number of carbonyl (C=O) groups is 1. The second kappa shape index (κ2) is 15.0. The second-order valence-electron chi connectivity index (χ2n) is 10.8. The van der Waals surface area contributed by atoms with E-state index < -0.39 is 12.0 Å². The van der Waals surface area contributed by atoms with E-state index in [9.17, 15) is 9.59 Å². The molecule has 12 heteroatoms. The van der Waals surface area contributed by atoms with Gasteiger partial charge in [0, 0.05) is 5.56 Å². The summed E-state index contributed by atoms with van der Waals surface area (Å²) in [6.07, 6.45) is 1.77. The second-order valence-corrected chi connectivity index (χ2v) is 13.5. The largest absolute Gasteiger partial charge is 0.497 e. The van der Waals surface area contributed by atoms with Crippen molar-refractivity contribution in [2.24, 2.45) is 4.99 Å². The predicted octanol–water partition coefficient (Wildman–Crippen LogP) is 7.60. The van der Waals surface area contributed by atoms with Crippen molar-refractivity contribution >= 4 is 68.2 Å². The van der Waals surface area contributed by atoms with Gasteiger partial charge in [-0.2, -0.15) is 0 Å². The fraction of sp³-hybridized carbons (Fsp3) is 0.162. The van der Waals surface area contributed by atoms with Gasteiger partial charge in [0.25, 0.3) is 5.56 Å². The minimum atomic E-state index is -0.808. The van der Waals surface area contributed by atoms with E-state index in [4.69, 9.17) is 47.1 Å². The van der Waals surface area contributed by atoms with E-state index in [0.717, 1.165) is 11.1 Å². The summed E-state index contributed by atoms with van der Waals surface area (Å²) in [5.74, 6) is 1.04. The quantitative estimate of drug-likeness (QED) is 0.136. The lowest BCUT2D eigenvalue weighted by atomic mass is 9.93. The number of thiazole rings is 1. The highest BCUT2D eigenvalue weighted by Crippen LogP contribution is 2.38. The zero-order valence-electron chi connectivity index (χ0n) is 26.5. The Balaban J connectivity index is 1.48. The molecule has 0 N–H and O–H groups in total. The molecule has 8 nitrogen and oxygen atoms in total. The SMILES string of the molecule is CCOC(=O)C1=C(c2ccccc2)N=c2s/c(=C\c3cc(Br)c(OCc4ccc(Cl)c(Cl)c4)c(OC)c3)c(=O)n2[C@@H]1c1ccc(OC)cc1. The van der Waals surface area contributed by atoms with Gasteiger partial charge in [0.2, 0.25) is 0 Å². The van der Waals surface area contributed by atoms with Crippen LogP contribution < -0.4 is 29.1 Å². The average molecular weight is 781 g/mol. The third-order valence-electron chi connectivity index (χ3n) is 7.72. The van der Waals surface area contributed by atoms with Gasteiger partial charge in [-0.05, 0) is 82.0 Å². The molecule has 0 amide bonds. The van der Waals surface area contributed by atoms with E-state index in [1.165, 1.54) is 11.3 Å². The maximum absolute atomic E-state index is 14.3. The number of hydrogen-bond donors (Lipinski definition) is 0. The van der Waals surface area contributed by atoms with E-state index in [1.54, 1.807) is 62.1 Å². The molecule has 0 bridgehead atoms. The molecule has 4 aromatic carbocycles. The van der Waals surface area contributed by atoms with Gasteiger partial charge < -0.3 is 18.9 Å². The molecule has 6 rings (SSSR count). The number of esters is 1. The van der Waals surface area contributed by atoms with Crippen LogP contribution in [0.1, 0.15) is 35.2 Å². The minimum Gasteiger partial charge on any atom is -0.497 e. The number of fused-ring (bicyclic) bond motifs is 1. The first-order valence-corrected chi connectivity index (χ1v) is 17.5. The third-order valence-corrected chi connectivity index (χ3v) is 10.0. The summed E-state index contributed by atoms with van der Waals surface area (Å²) in [6.45, 7) is 2.13. The van der Waals surface area contributed by atoms with Crippen molar-refractivity contribution < 1.29 is 23.7 Å². The lowest BCUT2D eigenvalue weighted by Gasteiger charge is -2.26. The highest BCUT2D eigenvalue weighted by atomic mass is 79.9. The van der Waals surface area contributed by atoms with Crippen LogP contribution in [0.4, 0.5) is 0 Å². The van der Waals surface area contributed by atoms with Crippen molar-refractivity contribution in [2.75, 3.05) is 20.8 Å². The lowest BCUT2D eigenvalue weighted by Crippen LogP contribution is -2.40. The molecule has 1 aliphatic rings. The van der Waals surface area contributed by atoms with Crippen molar-refractivity contribution in [3.8, 4) is 17.2 Å². The summed E-state index contributed by atoms with van der Waals surface area (Å²) in [5.41, 5.74) is 3.35. The maximum Gasteiger partial charge on any atom is 0.338 e. The van der Waals surface area contributed by atoms with Gasteiger partial charge in [-0.25, -0.2) is 9.79 Å². The van der Waals surface area contributed by atoms with Crippen molar-refractivity contribution in [1.29, 1.82) is 0 Å². The molecule has 0 saturated carbocycles. The summed E-state index contributed by atoms with van der Waals surface area (Å²) in [4.78, 5) is 33.3. The van der Waals surface area contributed by atoms with Crippen LogP contribution in [-0.2, 0) is 16.1 Å². The number of halogens is 3. The number of carbonyl (C=O) groups excluding carboxylic acids is 1. The first kappa shape index (κ1) is 34.5. The molecule has 2 heterocycles. The number of aromatic nitrogens is 1. The van der Waals surface area contributed by atoms with Crippen molar-refractivity contribution in [3.63, 3.8) is 0 Å². The van der Waals surface area contributed by atoms with Crippen LogP contribution in [0.15, 0.2) is 105 Å². The molecule has 1 aliphatic heterocycles. The fourth-order valence-electron chi connectivity index (χ4n) is 5.44. The Morgan fingerprint density at radius 2 is 1.73 bits per heavy atom. The first-order valence-electron chi connectivity index (χ1n) is 15.1. The molecule has 0 radical (unpaired) electrons. The standard InChI is InChI=1S/C37H29BrCl2N2O6S/c1-4-47-36(44)31-32(23-8-6-5-7-9-23)41-37-42(33(31)24-11-13-25(45-2)14-12-24)35(43)30(49-37)19-22-16-26(38)34(29(18-22)46-3)48-20-21-10-15-27(39)28(40)17-21/h5-19,33H,4,20H2,1-3H3/b30-19-/t33-/m1/s1. The summed E-state index contributed by atoms with van der Waals surface area (Å²) in [7, 11) is 3.12. The van der Waals surface area contributed by atoms with Gasteiger partial charge >= 0.3 is 5.97 Å². The van der Waals surface area contributed by atoms with Gasteiger partial charge in [-0.15, -0.1) is 0 Å². The van der Waals surface area contributed by atoms with Crippen molar-refractivity contribution in [1.82, 2.24) is 4.57 Å². The highest BCUT2D eigenvalue weighted by Gasteiger charge is 2.35. The fourth-order valence-corrected chi connectivity index (χ4v) is 7.34. The summed E-state index contributed by atoms with van der Waals surface area (Å²) >= 11 is 17.1. The molecular formula is C37H29BrCl2N2O6S. The summed E-state index contributed by atoms with van der Waals surface area (Å²) < 4.78 is 25.3. The highest BCUT2D eigenvalue weighted by molar-refractivity contribution is 9.10. The molecule has 1 atom stereocenters. The van der Waals surface area contributed by atoms with Crippen molar-refractivity contribution in [2.45, 2.75) is 19.6 Å². The van der Waals surface area contributed by atoms with E-state index in [0.29, 0.717) is 57.9 Å². The van der Waals surface area contributed by atoms with E-state index in [-0.39, 0.29) is 24.3 Å². The predicted molar refractivity (Wildman–Crippen MR) is 196 cm³/mol. The number of benzene rings is 4.